The van der Waals surface area contributed by atoms with E-state index in [9.17, 15) is 13.2 Å². The molecule has 1 nitrogen and oxygen atoms in total. The van der Waals surface area contributed by atoms with Crippen LogP contribution in [0.2, 0.25) is 0 Å². The molecule has 2 aromatic rings. The highest BCUT2D eigenvalue weighted by molar-refractivity contribution is 5.47. The molecule has 0 saturated carbocycles. The standard InChI is InChI=1S/C14H12F3N/c15-14(16,17)13-9-12(18)7-6-11(13)8-10-4-2-1-3-5-10/h1-7,9H,8,18H2. The lowest BCUT2D eigenvalue weighted by atomic mass is 9.99. The van der Waals surface area contributed by atoms with Gasteiger partial charge in [0.05, 0.1) is 5.56 Å². The van der Waals surface area contributed by atoms with Crippen molar-refractivity contribution in [2.24, 2.45) is 0 Å². The summed E-state index contributed by atoms with van der Waals surface area (Å²) < 4.78 is 38.6. The minimum absolute atomic E-state index is 0.124. The number of nitrogens with two attached hydrogens (primary N) is 1. The number of hydrogen-bond acceptors (Lipinski definition) is 1. The summed E-state index contributed by atoms with van der Waals surface area (Å²) in [6.45, 7) is 0. The molecule has 0 bridgehead atoms. The third kappa shape index (κ3) is 2.83. The molecule has 0 aliphatic rings. The fourth-order valence-electron chi connectivity index (χ4n) is 1.83. The van der Waals surface area contributed by atoms with Crippen molar-refractivity contribution in [3.05, 3.63) is 65.2 Å². The molecule has 0 unspecified atom stereocenters. The molecule has 2 N–H and O–H groups in total. The van der Waals surface area contributed by atoms with Crippen LogP contribution in [0.15, 0.2) is 48.5 Å². The summed E-state index contributed by atoms with van der Waals surface area (Å²) in [5.74, 6) is 0. The molecule has 0 spiro atoms. The SMILES string of the molecule is Nc1ccc(Cc2ccccc2)c(C(F)(F)F)c1. The summed E-state index contributed by atoms with van der Waals surface area (Å²) in [6.07, 6.45) is -4.13. The van der Waals surface area contributed by atoms with Crippen LogP contribution < -0.4 is 5.73 Å². The molecule has 2 rings (SSSR count). The second kappa shape index (κ2) is 4.72. The average Bonchev–Trinajstić information content (AvgIpc) is 2.31. The van der Waals surface area contributed by atoms with Gasteiger partial charge in [-0.05, 0) is 29.7 Å². The maximum Gasteiger partial charge on any atom is 0.416 e. The fourth-order valence-corrected chi connectivity index (χ4v) is 1.83. The second-order valence-corrected chi connectivity index (χ2v) is 4.08. The van der Waals surface area contributed by atoms with Crippen molar-refractivity contribution < 1.29 is 13.2 Å². The first-order chi connectivity index (χ1) is 8.47. The van der Waals surface area contributed by atoms with E-state index in [1.807, 2.05) is 6.07 Å². The van der Waals surface area contributed by atoms with E-state index >= 15 is 0 Å². The molecule has 18 heavy (non-hydrogen) atoms. The van der Waals surface area contributed by atoms with Gasteiger partial charge in [-0.2, -0.15) is 13.2 Å². The quantitative estimate of drug-likeness (QED) is 0.805. The predicted octanol–water partition coefficient (Wildman–Crippen LogP) is 3.88. The van der Waals surface area contributed by atoms with Gasteiger partial charge in [-0.1, -0.05) is 36.4 Å². The van der Waals surface area contributed by atoms with Crippen molar-refractivity contribution in [2.45, 2.75) is 12.6 Å². The molecule has 94 valence electrons. The summed E-state index contributed by atoms with van der Waals surface area (Å²) in [5.41, 5.74) is 5.96. The van der Waals surface area contributed by atoms with E-state index in [-0.39, 0.29) is 17.7 Å². The van der Waals surface area contributed by atoms with Gasteiger partial charge in [0.15, 0.2) is 0 Å². The van der Waals surface area contributed by atoms with Gasteiger partial charge >= 0.3 is 6.18 Å². The lowest BCUT2D eigenvalue weighted by molar-refractivity contribution is -0.138. The molecule has 0 radical (unpaired) electrons. The van der Waals surface area contributed by atoms with Gasteiger partial charge in [0, 0.05) is 5.69 Å². The van der Waals surface area contributed by atoms with Crippen molar-refractivity contribution in [3.63, 3.8) is 0 Å². The van der Waals surface area contributed by atoms with E-state index in [1.165, 1.54) is 12.1 Å². The largest absolute Gasteiger partial charge is 0.416 e. The van der Waals surface area contributed by atoms with Crippen molar-refractivity contribution in [2.75, 3.05) is 5.73 Å². The second-order valence-electron chi connectivity index (χ2n) is 4.08. The Kier molecular flexibility index (Phi) is 3.28. The number of halogens is 3. The molecule has 0 aromatic heterocycles. The Balaban J connectivity index is 2.39. The minimum atomic E-state index is -4.38. The first kappa shape index (κ1) is 12.5. The van der Waals surface area contributed by atoms with Crippen molar-refractivity contribution >= 4 is 5.69 Å². The third-order valence-electron chi connectivity index (χ3n) is 2.68. The summed E-state index contributed by atoms with van der Waals surface area (Å²) in [7, 11) is 0. The van der Waals surface area contributed by atoms with Crippen LogP contribution in [0, 0.1) is 0 Å². The highest BCUT2D eigenvalue weighted by Gasteiger charge is 2.33. The zero-order valence-corrected chi connectivity index (χ0v) is 9.54. The molecule has 0 heterocycles. The van der Waals surface area contributed by atoms with E-state index in [0.717, 1.165) is 11.6 Å². The monoisotopic (exact) mass is 251 g/mol. The summed E-state index contributed by atoms with van der Waals surface area (Å²) >= 11 is 0. The van der Waals surface area contributed by atoms with Gasteiger partial charge in [0.2, 0.25) is 0 Å². The number of nitrogen functional groups attached to an aromatic ring is 1. The summed E-state index contributed by atoms with van der Waals surface area (Å²) in [6, 6.07) is 13.0. The van der Waals surface area contributed by atoms with Gasteiger partial charge in [-0.15, -0.1) is 0 Å². The van der Waals surface area contributed by atoms with Gasteiger partial charge in [-0.25, -0.2) is 0 Å². The van der Waals surface area contributed by atoms with Crippen LogP contribution in [-0.2, 0) is 12.6 Å². The number of anilines is 1. The number of rotatable bonds is 2. The lowest BCUT2D eigenvalue weighted by Crippen LogP contribution is -2.10. The third-order valence-corrected chi connectivity index (χ3v) is 2.68. The van der Waals surface area contributed by atoms with E-state index in [0.29, 0.717) is 0 Å². The van der Waals surface area contributed by atoms with Crippen LogP contribution in [0.1, 0.15) is 16.7 Å². The van der Waals surface area contributed by atoms with Crippen LogP contribution in [-0.4, -0.2) is 0 Å². The highest BCUT2D eigenvalue weighted by Crippen LogP contribution is 2.34. The Bertz CT molecular complexity index is 532. The van der Waals surface area contributed by atoms with Gasteiger partial charge in [0.1, 0.15) is 0 Å². The molecule has 0 atom stereocenters. The molecule has 4 heteroatoms. The molecule has 0 aliphatic carbocycles. The van der Waals surface area contributed by atoms with Crippen LogP contribution in [0.3, 0.4) is 0 Å². The Morgan fingerprint density at radius 2 is 1.61 bits per heavy atom. The normalized spacial score (nSPS) is 11.5. The number of hydrogen-bond donors (Lipinski definition) is 1. The number of alkyl halides is 3. The Labute approximate surface area is 103 Å². The van der Waals surface area contributed by atoms with E-state index in [2.05, 4.69) is 0 Å². The van der Waals surface area contributed by atoms with Crippen molar-refractivity contribution in [1.29, 1.82) is 0 Å². The van der Waals surface area contributed by atoms with E-state index < -0.39 is 11.7 Å². The van der Waals surface area contributed by atoms with E-state index in [1.54, 1.807) is 24.3 Å². The van der Waals surface area contributed by atoms with Gasteiger partial charge in [-0.3, -0.25) is 0 Å². The number of benzene rings is 2. The smallest absolute Gasteiger partial charge is 0.399 e. The van der Waals surface area contributed by atoms with Gasteiger partial charge in [0.25, 0.3) is 0 Å². The zero-order valence-electron chi connectivity index (χ0n) is 9.54. The maximum absolute atomic E-state index is 12.9. The molecule has 2 aromatic carbocycles. The zero-order chi connectivity index (χ0) is 13.2. The Morgan fingerprint density at radius 3 is 2.22 bits per heavy atom. The minimum Gasteiger partial charge on any atom is -0.399 e. The average molecular weight is 251 g/mol. The summed E-state index contributed by atoms with van der Waals surface area (Å²) in [4.78, 5) is 0. The Hall–Kier alpha value is -1.97. The first-order valence-corrected chi connectivity index (χ1v) is 5.46. The molecular weight excluding hydrogens is 239 g/mol. The Morgan fingerprint density at radius 1 is 0.944 bits per heavy atom. The maximum atomic E-state index is 12.9. The molecule has 0 aliphatic heterocycles. The summed E-state index contributed by atoms with van der Waals surface area (Å²) in [5, 5.41) is 0. The molecule has 0 fully saturated rings. The highest BCUT2D eigenvalue weighted by atomic mass is 19.4. The van der Waals surface area contributed by atoms with Crippen molar-refractivity contribution in [1.82, 2.24) is 0 Å². The van der Waals surface area contributed by atoms with Crippen LogP contribution in [0.25, 0.3) is 0 Å². The molecule has 0 amide bonds. The molecule has 0 saturated heterocycles. The molecular formula is C14H12F3N. The fraction of sp³-hybridized carbons (Fsp3) is 0.143. The van der Waals surface area contributed by atoms with Crippen molar-refractivity contribution in [3.8, 4) is 0 Å². The van der Waals surface area contributed by atoms with Gasteiger partial charge < -0.3 is 5.73 Å². The van der Waals surface area contributed by atoms with Crippen LogP contribution in [0.5, 0.6) is 0 Å². The lowest BCUT2D eigenvalue weighted by Gasteiger charge is -2.13. The first-order valence-electron chi connectivity index (χ1n) is 5.46. The van der Waals surface area contributed by atoms with Crippen LogP contribution >= 0.6 is 0 Å². The van der Waals surface area contributed by atoms with Crippen LogP contribution in [0.4, 0.5) is 18.9 Å². The predicted molar refractivity (Wildman–Crippen MR) is 65.1 cm³/mol. The van der Waals surface area contributed by atoms with E-state index in [4.69, 9.17) is 5.73 Å². The topological polar surface area (TPSA) is 26.0 Å².